The number of nitro benzene ring substituents is 1. The van der Waals surface area contributed by atoms with Crippen molar-refractivity contribution in [1.82, 2.24) is 10.2 Å². The highest BCUT2D eigenvalue weighted by Gasteiger charge is 2.34. The van der Waals surface area contributed by atoms with Gasteiger partial charge in [-0.1, -0.05) is 41.4 Å². The third-order valence-corrected chi connectivity index (χ3v) is 5.86. The van der Waals surface area contributed by atoms with E-state index in [1.807, 2.05) is 0 Å². The van der Waals surface area contributed by atoms with Crippen molar-refractivity contribution in [2.24, 2.45) is 0 Å². The molecule has 0 radical (unpaired) electrons. The summed E-state index contributed by atoms with van der Waals surface area (Å²) in [6, 6.07) is 11.4. The minimum atomic E-state index is -0.743. The second-order valence-corrected chi connectivity index (χ2v) is 8.44. The van der Waals surface area contributed by atoms with Crippen LogP contribution in [0.1, 0.15) is 27.4 Å². The number of nitrogens with zero attached hydrogens (tertiary/aromatic N) is 2. The number of esters is 1. The van der Waals surface area contributed by atoms with Crippen molar-refractivity contribution in [3.63, 3.8) is 0 Å². The van der Waals surface area contributed by atoms with Crippen molar-refractivity contribution >= 4 is 52.9 Å². The largest absolute Gasteiger partial charge is 0.481 e. The molecule has 13 heteroatoms. The molecular formula is C24H17Cl2N3O8. The zero-order valence-corrected chi connectivity index (χ0v) is 20.5. The second kappa shape index (κ2) is 10.7. The van der Waals surface area contributed by atoms with Gasteiger partial charge in [0.2, 0.25) is 11.5 Å². The predicted octanol–water partition coefficient (Wildman–Crippen LogP) is 4.95. The van der Waals surface area contributed by atoms with Crippen LogP contribution in [0, 0.1) is 10.1 Å². The number of halogens is 2. The molecule has 3 amide bonds. The molecule has 3 aromatic rings. The van der Waals surface area contributed by atoms with Gasteiger partial charge in [-0.15, -0.1) is 0 Å². The third kappa shape index (κ3) is 5.57. The Hall–Kier alpha value is -4.35. The molecule has 2 aromatic carbocycles. The number of ether oxygens (including phenoxy) is 2. The van der Waals surface area contributed by atoms with Crippen LogP contribution < -0.4 is 10.1 Å². The average Bonchev–Trinajstić information content (AvgIpc) is 3.44. The molecule has 4 rings (SSSR count). The van der Waals surface area contributed by atoms with E-state index in [1.165, 1.54) is 31.4 Å². The molecule has 1 aliphatic heterocycles. The lowest BCUT2D eigenvalue weighted by Crippen LogP contribution is -2.30. The number of nitrogens with one attached hydrogen (secondary N) is 1. The molecule has 1 fully saturated rings. The number of furan rings is 1. The maximum Gasteiger partial charge on any atom is 0.373 e. The number of urea groups is 1. The molecule has 0 aliphatic carbocycles. The van der Waals surface area contributed by atoms with Gasteiger partial charge in [-0.25, -0.2) is 9.59 Å². The first-order chi connectivity index (χ1) is 17.7. The lowest BCUT2D eigenvalue weighted by molar-refractivity contribution is -0.385. The summed E-state index contributed by atoms with van der Waals surface area (Å²) in [5.74, 6) is -1.50. The zero-order valence-electron chi connectivity index (χ0n) is 19.0. The summed E-state index contributed by atoms with van der Waals surface area (Å²) in [4.78, 5) is 48.6. The van der Waals surface area contributed by atoms with Gasteiger partial charge in [-0.2, -0.15) is 0 Å². The standard InChI is InChI=1S/C24H17Cl2N3O8/c1-35-23(31)20-7-6-15(37-20)11-28-22(30)18(27-24(28)32)9-13-8-17(26)21(19(10-13)29(33)34)36-12-14-4-2-3-5-16(14)25/h2-10H,11-12H2,1H3,(H,27,32)/b18-9-. The molecule has 0 atom stereocenters. The van der Waals surface area contributed by atoms with Gasteiger partial charge in [-0.05, 0) is 35.9 Å². The summed E-state index contributed by atoms with van der Waals surface area (Å²) >= 11 is 12.4. The van der Waals surface area contributed by atoms with Crippen LogP contribution in [0.25, 0.3) is 6.08 Å². The number of carbonyl (C=O) groups excluding carboxylic acids is 3. The quantitative estimate of drug-likeness (QED) is 0.138. The SMILES string of the molecule is COC(=O)c1ccc(CN2C(=O)N/C(=C\c3cc(Cl)c(OCc4ccccc4Cl)c([N+](=O)[O-])c3)C2=O)o1. The smallest absolute Gasteiger partial charge is 0.373 e. The van der Waals surface area contributed by atoms with E-state index in [4.69, 9.17) is 32.4 Å². The Morgan fingerprint density at radius 1 is 1.16 bits per heavy atom. The number of hydrogen-bond acceptors (Lipinski definition) is 8. The van der Waals surface area contributed by atoms with Crippen molar-refractivity contribution in [3.8, 4) is 5.75 Å². The van der Waals surface area contributed by atoms with Gasteiger partial charge < -0.3 is 19.2 Å². The zero-order chi connectivity index (χ0) is 26.7. The first-order valence-corrected chi connectivity index (χ1v) is 11.3. The summed E-state index contributed by atoms with van der Waals surface area (Å²) in [5.41, 5.74) is 0.208. The summed E-state index contributed by atoms with van der Waals surface area (Å²) in [5, 5.41) is 14.5. The molecule has 0 unspecified atom stereocenters. The van der Waals surface area contributed by atoms with Crippen LogP contribution in [0.2, 0.25) is 10.0 Å². The molecule has 190 valence electrons. The number of imide groups is 1. The summed E-state index contributed by atoms with van der Waals surface area (Å²) in [7, 11) is 1.19. The van der Waals surface area contributed by atoms with Gasteiger partial charge in [0, 0.05) is 16.7 Å². The van der Waals surface area contributed by atoms with E-state index in [1.54, 1.807) is 24.3 Å². The van der Waals surface area contributed by atoms with Gasteiger partial charge in [0.25, 0.3) is 5.91 Å². The fourth-order valence-electron chi connectivity index (χ4n) is 3.44. The lowest BCUT2D eigenvalue weighted by atomic mass is 10.1. The Kier molecular flexibility index (Phi) is 7.46. The van der Waals surface area contributed by atoms with Crippen molar-refractivity contribution < 1.29 is 33.2 Å². The van der Waals surface area contributed by atoms with Crippen LogP contribution in [0.3, 0.4) is 0 Å². The van der Waals surface area contributed by atoms with Gasteiger partial charge in [0.05, 0.1) is 23.6 Å². The number of nitro groups is 1. The first kappa shape index (κ1) is 25.7. The number of carbonyl (C=O) groups is 3. The molecule has 0 bridgehead atoms. The molecular weight excluding hydrogens is 529 g/mol. The van der Waals surface area contributed by atoms with Crippen LogP contribution in [0.15, 0.2) is 58.6 Å². The minimum absolute atomic E-state index is 0.0609. The molecule has 37 heavy (non-hydrogen) atoms. The minimum Gasteiger partial charge on any atom is -0.481 e. The van der Waals surface area contributed by atoms with Crippen molar-refractivity contribution in [2.75, 3.05) is 7.11 Å². The first-order valence-electron chi connectivity index (χ1n) is 10.5. The number of benzene rings is 2. The lowest BCUT2D eigenvalue weighted by Gasteiger charge is -2.11. The highest BCUT2D eigenvalue weighted by Crippen LogP contribution is 2.38. The van der Waals surface area contributed by atoms with E-state index in [2.05, 4.69) is 10.1 Å². The summed E-state index contributed by atoms with van der Waals surface area (Å²) < 4.78 is 15.5. The van der Waals surface area contributed by atoms with Gasteiger partial charge in [0.1, 0.15) is 18.1 Å². The van der Waals surface area contributed by atoms with Crippen molar-refractivity contribution in [2.45, 2.75) is 13.2 Å². The highest BCUT2D eigenvalue weighted by atomic mass is 35.5. The van der Waals surface area contributed by atoms with E-state index in [9.17, 15) is 24.5 Å². The van der Waals surface area contributed by atoms with Gasteiger partial charge >= 0.3 is 17.7 Å². The van der Waals surface area contributed by atoms with Crippen LogP contribution >= 0.6 is 23.2 Å². The number of rotatable bonds is 8. The number of methoxy groups -OCH3 is 1. The van der Waals surface area contributed by atoms with E-state index in [-0.39, 0.29) is 46.7 Å². The second-order valence-electron chi connectivity index (χ2n) is 7.63. The van der Waals surface area contributed by atoms with E-state index in [0.717, 1.165) is 11.0 Å². The van der Waals surface area contributed by atoms with E-state index < -0.39 is 28.5 Å². The molecule has 0 saturated carbocycles. The number of amides is 3. The molecule has 1 aromatic heterocycles. The Balaban J connectivity index is 1.55. The molecule has 2 heterocycles. The van der Waals surface area contributed by atoms with Gasteiger partial charge in [0.15, 0.2) is 0 Å². The fraction of sp³-hybridized carbons (Fsp3) is 0.125. The van der Waals surface area contributed by atoms with Gasteiger partial charge in [-0.3, -0.25) is 19.8 Å². The van der Waals surface area contributed by atoms with Crippen LogP contribution in [0.4, 0.5) is 10.5 Å². The van der Waals surface area contributed by atoms with Crippen LogP contribution in [0.5, 0.6) is 5.75 Å². The average molecular weight is 546 g/mol. The molecule has 0 spiro atoms. The van der Waals surface area contributed by atoms with E-state index in [0.29, 0.717) is 10.6 Å². The Labute approximate surface area is 219 Å². The van der Waals surface area contributed by atoms with Crippen LogP contribution in [-0.2, 0) is 22.7 Å². The Morgan fingerprint density at radius 2 is 1.92 bits per heavy atom. The highest BCUT2D eigenvalue weighted by molar-refractivity contribution is 6.32. The summed E-state index contributed by atoms with van der Waals surface area (Å²) in [6.45, 7) is -0.316. The molecule has 1 saturated heterocycles. The predicted molar refractivity (Wildman–Crippen MR) is 131 cm³/mol. The Bertz CT molecular complexity index is 1450. The summed E-state index contributed by atoms with van der Waals surface area (Å²) in [6.07, 6.45) is 1.25. The topological polar surface area (TPSA) is 141 Å². The normalized spacial score (nSPS) is 14.1. The van der Waals surface area contributed by atoms with E-state index >= 15 is 0 Å². The van der Waals surface area contributed by atoms with Crippen molar-refractivity contribution in [1.29, 1.82) is 0 Å². The Morgan fingerprint density at radius 3 is 2.62 bits per heavy atom. The fourth-order valence-corrected chi connectivity index (χ4v) is 3.91. The molecule has 1 N–H and O–H groups in total. The monoisotopic (exact) mass is 545 g/mol. The molecule has 11 nitrogen and oxygen atoms in total. The maximum absolute atomic E-state index is 12.8. The third-order valence-electron chi connectivity index (χ3n) is 5.21. The van der Waals surface area contributed by atoms with Crippen molar-refractivity contribution in [3.05, 3.63) is 97.0 Å². The number of hydrogen-bond donors (Lipinski definition) is 1. The maximum atomic E-state index is 12.8. The van der Waals surface area contributed by atoms with Crippen LogP contribution in [-0.4, -0.2) is 34.8 Å². The molecule has 1 aliphatic rings.